The van der Waals surface area contributed by atoms with Gasteiger partial charge in [-0.2, -0.15) is 0 Å². The fourth-order valence-corrected chi connectivity index (χ4v) is 1.20. The van der Waals surface area contributed by atoms with Crippen LogP contribution in [0.25, 0.3) is 10.9 Å². The SMILES string of the molecule is O=[N+]([O-])c1cccc2n[c]ccc12. The molecule has 1 aromatic carbocycles. The van der Waals surface area contributed by atoms with Crippen LogP contribution in [0.3, 0.4) is 0 Å². The molecule has 0 bridgehead atoms. The Kier molecular flexibility index (Phi) is 1.66. The molecule has 0 N–H and O–H groups in total. The number of hydrogen-bond donors (Lipinski definition) is 0. The number of benzene rings is 1. The van der Waals surface area contributed by atoms with Gasteiger partial charge in [-0.25, -0.2) is 4.98 Å². The Morgan fingerprint density at radius 1 is 1.38 bits per heavy atom. The van der Waals surface area contributed by atoms with Crippen LogP contribution in [0.1, 0.15) is 0 Å². The molecule has 0 atom stereocenters. The van der Waals surface area contributed by atoms with E-state index in [-0.39, 0.29) is 5.69 Å². The minimum Gasteiger partial charge on any atom is -0.258 e. The molecule has 0 spiro atoms. The summed E-state index contributed by atoms with van der Waals surface area (Å²) in [5, 5.41) is 11.1. The fraction of sp³-hybridized carbons (Fsp3) is 0. The van der Waals surface area contributed by atoms with E-state index in [1.165, 1.54) is 6.07 Å². The van der Waals surface area contributed by atoms with E-state index in [9.17, 15) is 10.1 Å². The number of nitro groups is 1. The maximum absolute atomic E-state index is 10.6. The second kappa shape index (κ2) is 2.82. The van der Waals surface area contributed by atoms with Crippen LogP contribution in [0.5, 0.6) is 0 Å². The van der Waals surface area contributed by atoms with Crippen molar-refractivity contribution in [1.29, 1.82) is 0 Å². The van der Waals surface area contributed by atoms with Crippen molar-refractivity contribution in [3.63, 3.8) is 0 Å². The number of nitrogens with zero attached hydrogens (tertiary/aromatic N) is 2. The van der Waals surface area contributed by atoms with Gasteiger partial charge in [0, 0.05) is 6.07 Å². The van der Waals surface area contributed by atoms with Crippen molar-refractivity contribution in [1.82, 2.24) is 4.98 Å². The zero-order valence-electron chi connectivity index (χ0n) is 6.60. The van der Waals surface area contributed by atoms with Gasteiger partial charge in [-0.05, 0) is 18.2 Å². The molecule has 0 amide bonds. The molecule has 0 unspecified atom stereocenters. The van der Waals surface area contributed by atoms with E-state index in [0.29, 0.717) is 10.9 Å². The summed E-state index contributed by atoms with van der Waals surface area (Å²) in [6.45, 7) is 0. The zero-order chi connectivity index (χ0) is 9.26. The van der Waals surface area contributed by atoms with Crippen molar-refractivity contribution >= 4 is 16.6 Å². The van der Waals surface area contributed by atoms with Gasteiger partial charge in [0.1, 0.15) is 0 Å². The number of hydrogen-bond acceptors (Lipinski definition) is 3. The van der Waals surface area contributed by atoms with Crippen LogP contribution >= 0.6 is 0 Å². The average Bonchev–Trinajstić information content (AvgIpc) is 2.17. The minimum atomic E-state index is -0.413. The second-order valence-corrected chi connectivity index (χ2v) is 2.54. The summed E-state index contributed by atoms with van der Waals surface area (Å²) >= 11 is 0. The van der Waals surface area contributed by atoms with E-state index >= 15 is 0 Å². The molecule has 1 radical (unpaired) electrons. The molecule has 0 fully saturated rings. The largest absolute Gasteiger partial charge is 0.278 e. The van der Waals surface area contributed by atoms with Gasteiger partial charge in [0.25, 0.3) is 5.69 Å². The van der Waals surface area contributed by atoms with Crippen molar-refractivity contribution < 1.29 is 4.92 Å². The summed E-state index contributed by atoms with van der Waals surface area (Å²) in [6, 6.07) is 8.00. The first-order valence-corrected chi connectivity index (χ1v) is 3.69. The maximum Gasteiger partial charge on any atom is 0.278 e. The first-order valence-electron chi connectivity index (χ1n) is 3.69. The van der Waals surface area contributed by atoms with Crippen molar-refractivity contribution in [2.24, 2.45) is 0 Å². The molecule has 0 saturated carbocycles. The molecule has 2 aromatic rings. The van der Waals surface area contributed by atoms with Gasteiger partial charge >= 0.3 is 0 Å². The second-order valence-electron chi connectivity index (χ2n) is 2.54. The standard InChI is InChI=1S/C9H5N2O2/c12-11(13)9-5-1-4-8-7(9)3-2-6-10-8/h1-5H. The molecule has 4 nitrogen and oxygen atoms in total. The first kappa shape index (κ1) is 7.67. The lowest BCUT2D eigenvalue weighted by molar-refractivity contribution is -0.383. The fourth-order valence-electron chi connectivity index (χ4n) is 1.20. The molecule has 13 heavy (non-hydrogen) atoms. The summed E-state index contributed by atoms with van der Waals surface area (Å²) in [7, 11) is 0. The Hall–Kier alpha value is -1.97. The monoisotopic (exact) mass is 173 g/mol. The van der Waals surface area contributed by atoms with Crippen LogP contribution in [-0.2, 0) is 0 Å². The van der Waals surface area contributed by atoms with Gasteiger partial charge in [-0.1, -0.05) is 6.07 Å². The minimum absolute atomic E-state index is 0.0824. The Balaban J connectivity index is 2.83. The molecule has 2 rings (SSSR count). The molecular weight excluding hydrogens is 168 g/mol. The molecular formula is C9H5N2O2. The van der Waals surface area contributed by atoms with E-state index in [4.69, 9.17) is 0 Å². The highest BCUT2D eigenvalue weighted by Gasteiger charge is 2.09. The number of pyridine rings is 1. The lowest BCUT2D eigenvalue weighted by Crippen LogP contribution is -1.89. The van der Waals surface area contributed by atoms with Crippen LogP contribution in [0.2, 0.25) is 0 Å². The van der Waals surface area contributed by atoms with Gasteiger partial charge in [0.05, 0.1) is 22.0 Å². The summed E-state index contributed by atoms with van der Waals surface area (Å²) in [5.74, 6) is 0. The number of fused-ring (bicyclic) bond motifs is 1. The first-order chi connectivity index (χ1) is 6.29. The Morgan fingerprint density at radius 3 is 3.00 bits per heavy atom. The molecule has 0 aliphatic rings. The number of nitro benzene ring substituents is 1. The van der Waals surface area contributed by atoms with Crippen molar-refractivity contribution in [2.75, 3.05) is 0 Å². The normalized spacial score (nSPS) is 10.2. The predicted octanol–water partition coefficient (Wildman–Crippen LogP) is 1.94. The third kappa shape index (κ3) is 1.22. The molecule has 0 aliphatic carbocycles. The lowest BCUT2D eigenvalue weighted by atomic mass is 10.2. The smallest absolute Gasteiger partial charge is 0.258 e. The van der Waals surface area contributed by atoms with Gasteiger partial charge < -0.3 is 0 Å². The average molecular weight is 173 g/mol. The van der Waals surface area contributed by atoms with E-state index in [1.54, 1.807) is 24.3 Å². The highest BCUT2D eigenvalue weighted by atomic mass is 16.6. The topological polar surface area (TPSA) is 56.0 Å². The summed E-state index contributed by atoms with van der Waals surface area (Å²) in [4.78, 5) is 14.1. The van der Waals surface area contributed by atoms with Crippen LogP contribution in [-0.4, -0.2) is 9.91 Å². The summed E-state index contributed by atoms with van der Waals surface area (Å²) < 4.78 is 0. The summed E-state index contributed by atoms with van der Waals surface area (Å²) in [5.41, 5.74) is 0.677. The maximum atomic E-state index is 10.6. The number of non-ortho nitro benzene ring substituents is 1. The highest BCUT2D eigenvalue weighted by molar-refractivity contribution is 5.87. The van der Waals surface area contributed by atoms with Crippen LogP contribution < -0.4 is 0 Å². The molecule has 1 aromatic heterocycles. The van der Waals surface area contributed by atoms with E-state index in [1.807, 2.05) is 0 Å². The van der Waals surface area contributed by atoms with Gasteiger partial charge in [0.15, 0.2) is 0 Å². The third-order valence-electron chi connectivity index (χ3n) is 1.77. The van der Waals surface area contributed by atoms with Gasteiger partial charge in [0.2, 0.25) is 0 Å². The Bertz CT molecular complexity index is 463. The summed E-state index contributed by atoms with van der Waals surface area (Å²) in [6.07, 6.45) is 2.63. The van der Waals surface area contributed by atoms with E-state index in [2.05, 4.69) is 11.2 Å². The van der Waals surface area contributed by atoms with Gasteiger partial charge in [-0.15, -0.1) is 0 Å². The molecule has 0 saturated heterocycles. The molecule has 4 heteroatoms. The quantitative estimate of drug-likeness (QED) is 0.489. The lowest BCUT2D eigenvalue weighted by Gasteiger charge is -1.96. The predicted molar refractivity (Wildman–Crippen MR) is 47.2 cm³/mol. The Labute approximate surface area is 74.0 Å². The highest BCUT2D eigenvalue weighted by Crippen LogP contribution is 2.22. The van der Waals surface area contributed by atoms with Crippen molar-refractivity contribution in [3.05, 3.63) is 46.6 Å². The van der Waals surface area contributed by atoms with Crippen LogP contribution in [0.15, 0.2) is 30.3 Å². The Morgan fingerprint density at radius 2 is 2.23 bits per heavy atom. The van der Waals surface area contributed by atoms with Crippen molar-refractivity contribution in [3.8, 4) is 0 Å². The zero-order valence-corrected chi connectivity index (χ0v) is 6.60. The van der Waals surface area contributed by atoms with Crippen molar-refractivity contribution in [2.45, 2.75) is 0 Å². The molecule has 0 aliphatic heterocycles. The number of aromatic nitrogens is 1. The van der Waals surface area contributed by atoms with Gasteiger partial charge in [-0.3, -0.25) is 10.1 Å². The van der Waals surface area contributed by atoms with E-state index in [0.717, 1.165) is 0 Å². The van der Waals surface area contributed by atoms with Crippen LogP contribution in [0.4, 0.5) is 5.69 Å². The third-order valence-corrected chi connectivity index (χ3v) is 1.77. The molecule has 1 heterocycles. The number of rotatable bonds is 1. The van der Waals surface area contributed by atoms with E-state index < -0.39 is 4.92 Å². The van der Waals surface area contributed by atoms with Crippen LogP contribution in [0, 0.1) is 16.3 Å². The molecule has 63 valence electrons.